The topological polar surface area (TPSA) is 95.5 Å². The first-order chi connectivity index (χ1) is 15.4. The van der Waals surface area contributed by atoms with Gasteiger partial charge in [0.1, 0.15) is 11.1 Å². The molecule has 0 atom stereocenters. The van der Waals surface area contributed by atoms with E-state index < -0.39 is 0 Å². The Bertz CT molecular complexity index is 1170. The Labute approximate surface area is 185 Å². The van der Waals surface area contributed by atoms with Gasteiger partial charge >= 0.3 is 6.09 Å². The zero-order chi connectivity index (χ0) is 21.9. The summed E-state index contributed by atoms with van der Waals surface area (Å²) in [5, 5.41) is 9.90. The first-order valence-electron chi connectivity index (χ1n) is 11.3. The maximum Gasteiger partial charge on any atom is 0.410 e. The maximum absolute atomic E-state index is 12.3. The van der Waals surface area contributed by atoms with Gasteiger partial charge in [-0.25, -0.2) is 4.79 Å². The Hall–Kier alpha value is -2.94. The highest BCUT2D eigenvalue weighted by Crippen LogP contribution is 2.39. The Morgan fingerprint density at radius 1 is 1.19 bits per heavy atom. The van der Waals surface area contributed by atoms with Crippen LogP contribution in [-0.2, 0) is 15.0 Å². The second-order valence-electron chi connectivity index (χ2n) is 9.86. The molecule has 9 heteroatoms. The highest BCUT2D eigenvalue weighted by Gasteiger charge is 2.43. The van der Waals surface area contributed by atoms with Gasteiger partial charge < -0.3 is 18.9 Å². The van der Waals surface area contributed by atoms with Crippen LogP contribution in [-0.4, -0.2) is 62.8 Å². The molecule has 0 N–H and O–H groups in total. The van der Waals surface area contributed by atoms with Crippen molar-refractivity contribution in [3.05, 3.63) is 30.3 Å². The molecule has 0 unspecified atom stereocenters. The molecule has 1 aliphatic carbocycles. The lowest BCUT2D eigenvalue weighted by atomic mass is 9.97. The van der Waals surface area contributed by atoms with Crippen LogP contribution in [0, 0.1) is 0 Å². The van der Waals surface area contributed by atoms with E-state index in [0.29, 0.717) is 38.0 Å². The maximum atomic E-state index is 12.3. The van der Waals surface area contributed by atoms with Crippen LogP contribution in [0.1, 0.15) is 51.3 Å². The Morgan fingerprint density at radius 2 is 1.97 bits per heavy atom. The van der Waals surface area contributed by atoms with Crippen molar-refractivity contribution in [2.45, 2.75) is 56.6 Å². The van der Waals surface area contributed by atoms with Crippen LogP contribution in [0.25, 0.3) is 22.3 Å². The van der Waals surface area contributed by atoms with Crippen LogP contribution >= 0.6 is 0 Å². The molecule has 168 valence electrons. The minimum atomic E-state index is -0.241. The minimum Gasteiger partial charge on any atom is -0.443 e. The highest BCUT2D eigenvalue weighted by atomic mass is 16.6. The number of nitrogens with zero attached hydrogens (tertiary/aromatic N) is 5. The van der Waals surface area contributed by atoms with Crippen LogP contribution in [0.3, 0.4) is 0 Å². The van der Waals surface area contributed by atoms with Crippen molar-refractivity contribution in [1.29, 1.82) is 0 Å². The van der Waals surface area contributed by atoms with Crippen molar-refractivity contribution >= 4 is 17.0 Å². The predicted octanol–water partition coefficient (Wildman–Crippen LogP) is 3.70. The third-order valence-corrected chi connectivity index (χ3v) is 7.00. The number of rotatable bonds is 4. The fourth-order valence-electron chi connectivity index (χ4n) is 4.49. The number of carbonyl (C=O) groups excluding carboxylic acids is 1. The number of hydrogen-bond acceptors (Lipinski definition) is 7. The lowest BCUT2D eigenvalue weighted by molar-refractivity contribution is -0.0934. The Balaban J connectivity index is 1.16. The second kappa shape index (κ2) is 7.03. The van der Waals surface area contributed by atoms with Gasteiger partial charge in [-0.2, -0.15) is 10.1 Å². The van der Waals surface area contributed by atoms with Gasteiger partial charge in [0.2, 0.25) is 11.7 Å². The van der Waals surface area contributed by atoms with Crippen LogP contribution in [0.4, 0.5) is 4.79 Å². The van der Waals surface area contributed by atoms with Crippen LogP contribution in [0.15, 0.2) is 28.9 Å². The van der Waals surface area contributed by atoms with Gasteiger partial charge in [-0.3, -0.25) is 4.68 Å². The molecule has 0 bridgehead atoms. The average molecular weight is 438 g/mol. The molecule has 9 nitrogen and oxygen atoms in total. The number of carbonyl (C=O) groups is 1. The molecule has 2 aliphatic heterocycles. The van der Waals surface area contributed by atoms with Gasteiger partial charge in [0.25, 0.3) is 0 Å². The SMILES string of the molecule is CC1(OC(=O)N2CCC(c3nc(-c4ccc5cnn(C6(C)COC6)c5c4)no3)CC2)CC1. The molecule has 1 saturated carbocycles. The van der Waals surface area contributed by atoms with Gasteiger partial charge in [-0.05, 0) is 45.6 Å². The second-order valence-corrected chi connectivity index (χ2v) is 9.86. The summed E-state index contributed by atoms with van der Waals surface area (Å²) in [7, 11) is 0. The number of benzene rings is 1. The van der Waals surface area contributed by atoms with E-state index in [1.807, 2.05) is 29.9 Å². The minimum absolute atomic E-state index is 0.116. The van der Waals surface area contributed by atoms with E-state index in [1.165, 1.54) is 0 Å². The lowest BCUT2D eigenvalue weighted by Gasteiger charge is -2.38. The number of piperidine rings is 1. The van der Waals surface area contributed by atoms with Crippen LogP contribution in [0.2, 0.25) is 0 Å². The monoisotopic (exact) mass is 437 g/mol. The van der Waals surface area contributed by atoms with Gasteiger partial charge in [0, 0.05) is 30.0 Å². The number of amides is 1. The normalized spacial score (nSPS) is 22.0. The van der Waals surface area contributed by atoms with Crippen molar-refractivity contribution in [2.24, 2.45) is 0 Å². The van der Waals surface area contributed by atoms with E-state index in [-0.39, 0.29) is 23.2 Å². The average Bonchev–Trinajstić information content (AvgIpc) is 3.19. The first kappa shape index (κ1) is 19.7. The highest BCUT2D eigenvalue weighted by molar-refractivity contribution is 5.83. The van der Waals surface area contributed by atoms with E-state index in [9.17, 15) is 4.79 Å². The molecule has 2 aromatic heterocycles. The predicted molar refractivity (Wildman–Crippen MR) is 115 cm³/mol. The molecule has 1 amide bonds. The molecule has 0 radical (unpaired) electrons. The summed E-state index contributed by atoms with van der Waals surface area (Å²) in [5.74, 6) is 1.36. The lowest BCUT2D eigenvalue weighted by Crippen LogP contribution is -2.49. The fraction of sp³-hybridized carbons (Fsp3) is 0.565. The number of ether oxygens (including phenoxy) is 2. The molecular formula is C23H27N5O4. The largest absolute Gasteiger partial charge is 0.443 e. The van der Waals surface area contributed by atoms with Crippen LogP contribution in [0.5, 0.6) is 0 Å². The summed E-state index contributed by atoms with van der Waals surface area (Å²) in [6, 6.07) is 6.11. The van der Waals surface area contributed by atoms with E-state index in [2.05, 4.69) is 23.2 Å². The summed E-state index contributed by atoms with van der Waals surface area (Å²) >= 11 is 0. The molecule has 32 heavy (non-hydrogen) atoms. The summed E-state index contributed by atoms with van der Waals surface area (Å²) < 4.78 is 18.7. The summed E-state index contributed by atoms with van der Waals surface area (Å²) in [5.41, 5.74) is 1.58. The van der Waals surface area contributed by atoms with E-state index in [1.54, 1.807) is 4.90 Å². The Kier molecular flexibility index (Phi) is 4.33. The molecular weight excluding hydrogens is 410 g/mol. The standard InChI is InChI=1S/C23H27N5O4/c1-22(13-30-14-22)28-18-11-16(3-4-17(18)12-24-28)19-25-20(32-26-19)15-5-9-27(10-6-15)21(29)31-23(2)7-8-23/h3-4,11-12,15H,5-10,13-14H2,1-2H3. The molecule has 1 aromatic carbocycles. The Morgan fingerprint density at radius 3 is 2.66 bits per heavy atom. The zero-order valence-electron chi connectivity index (χ0n) is 18.4. The number of fused-ring (bicyclic) bond motifs is 1. The van der Waals surface area contributed by atoms with Crippen molar-refractivity contribution in [1.82, 2.24) is 24.8 Å². The molecule has 3 fully saturated rings. The van der Waals surface area contributed by atoms with E-state index in [0.717, 1.165) is 42.1 Å². The van der Waals surface area contributed by atoms with E-state index >= 15 is 0 Å². The van der Waals surface area contributed by atoms with Gasteiger partial charge in [-0.1, -0.05) is 17.3 Å². The van der Waals surface area contributed by atoms with Gasteiger partial charge in [0.15, 0.2) is 0 Å². The molecule has 3 aromatic rings. The molecule has 2 saturated heterocycles. The first-order valence-corrected chi connectivity index (χ1v) is 11.3. The zero-order valence-corrected chi connectivity index (χ0v) is 18.4. The number of likely N-dealkylation sites (tertiary alicyclic amines) is 1. The van der Waals surface area contributed by atoms with Gasteiger partial charge in [-0.15, -0.1) is 0 Å². The summed E-state index contributed by atoms with van der Waals surface area (Å²) in [6.07, 6.45) is 5.17. The van der Waals surface area contributed by atoms with Gasteiger partial charge in [0.05, 0.1) is 24.9 Å². The quantitative estimate of drug-likeness (QED) is 0.614. The summed E-state index contributed by atoms with van der Waals surface area (Å²) in [6.45, 7) is 6.74. The van der Waals surface area contributed by atoms with Crippen molar-refractivity contribution in [2.75, 3.05) is 26.3 Å². The molecule has 6 rings (SSSR count). The third-order valence-electron chi connectivity index (χ3n) is 7.00. The van der Waals surface area contributed by atoms with Crippen molar-refractivity contribution < 1.29 is 18.8 Å². The smallest absolute Gasteiger partial charge is 0.410 e. The molecule has 4 heterocycles. The molecule has 0 spiro atoms. The summed E-state index contributed by atoms with van der Waals surface area (Å²) in [4.78, 5) is 18.8. The van der Waals surface area contributed by atoms with Crippen molar-refractivity contribution in [3.63, 3.8) is 0 Å². The number of aromatic nitrogens is 4. The molecule has 3 aliphatic rings. The van der Waals surface area contributed by atoms with Crippen molar-refractivity contribution in [3.8, 4) is 11.4 Å². The fourth-order valence-corrected chi connectivity index (χ4v) is 4.49. The van der Waals surface area contributed by atoms with E-state index in [4.69, 9.17) is 19.0 Å². The third kappa shape index (κ3) is 3.35. The number of hydrogen-bond donors (Lipinski definition) is 0. The van der Waals surface area contributed by atoms with Crippen LogP contribution < -0.4 is 0 Å².